The van der Waals surface area contributed by atoms with E-state index in [2.05, 4.69) is 15.2 Å². The average molecular weight is 448 g/mol. The number of benzene rings is 1. The molecule has 1 aromatic heterocycles. The van der Waals surface area contributed by atoms with Gasteiger partial charge in [-0.25, -0.2) is 9.78 Å². The fraction of sp³-hybridized carbons (Fsp3) is 0.440. The molecule has 172 valence electrons. The lowest BCUT2D eigenvalue weighted by molar-refractivity contribution is -0.137. The quantitative estimate of drug-likeness (QED) is 0.779. The first kappa shape index (κ1) is 21.4. The number of hydrogen-bond acceptors (Lipinski definition) is 5. The summed E-state index contributed by atoms with van der Waals surface area (Å²) in [5.74, 6) is 0.750. The number of aromatic nitrogens is 1. The van der Waals surface area contributed by atoms with Crippen molar-refractivity contribution in [2.24, 2.45) is 5.92 Å². The lowest BCUT2D eigenvalue weighted by atomic mass is 9.82. The molecule has 3 heterocycles. The van der Waals surface area contributed by atoms with Crippen LogP contribution in [0, 0.1) is 5.92 Å². The first-order chi connectivity index (χ1) is 16.1. The standard InChI is InChI=1S/C25H29N5O3/c31-23(29-15-13-28(14-16-29)22-7-3-4-12-26-22)19-10-8-18(9-11-19)17-30-24(32)20-5-1-2-6-21(20)27-25(30)33/h3-4,7-12,20-21H,1-2,5-6,13-17H2,(H,27,33). The SMILES string of the molecule is O=C(c1ccc(CN2C(=O)NC3CCCCC3C2=O)cc1)N1CCN(c2ccccn2)CC1. The van der Waals surface area contributed by atoms with Crippen LogP contribution in [0.5, 0.6) is 0 Å². The zero-order chi connectivity index (χ0) is 22.8. The van der Waals surface area contributed by atoms with Crippen molar-refractivity contribution in [2.75, 3.05) is 31.1 Å². The highest BCUT2D eigenvalue weighted by Gasteiger charge is 2.41. The highest BCUT2D eigenvalue weighted by Crippen LogP contribution is 2.30. The van der Waals surface area contributed by atoms with E-state index in [-0.39, 0.29) is 36.3 Å². The number of carbonyl (C=O) groups is 3. The predicted molar refractivity (Wildman–Crippen MR) is 124 cm³/mol. The number of anilines is 1. The van der Waals surface area contributed by atoms with Crippen LogP contribution in [-0.4, -0.2) is 64.9 Å². The van der Waals surface area contributed by atoms with Crippen molar-refractivity contribution < 1.29 is 14.4 Å². The molecule has 1 aromatic carbocycles. The number of pyridine rings is 1. The number of fused-ring (bicyclic) bond motifs is 1. The summed E-state index contributed by atoms with van der Waals surface area (Å²) in [6, 6.07) is 12.8. The summed E-state index contributed by atoms with van der Waals surface area (Å²) in [6.07, 6.45) is 5.58. The minimum absolute atomic E-state index is 0.000870. The molecular formula is C25H29N5O3. The molecule has 2 aliphatic heterocycles. The van der Waals surface area contributed by atoms with Crippen LogP contribution in [0.25, 0.3) is 0 Å². The van der Waals surface area contributed by atoms with E-state index in [1.807, 2.05) is 35.2 Å². The van der Waals surface area contributed by atoms with Gasteiger partial charge in [-0.15, -0.1) is 0 Å². The van der Waals surface area contributed by atoms with Crippen LogP contribution in [0.3, 0.4) is 0 Å². The van der Waals surface area contributed by atoms with Gasteiger partial charge in [-0.3, -0.25) is 14.5 Å². The zero-order valence-electron chi connectivity index (χ0n) is 18.7. The van der Waals surface area contributed by atoms with Crippen molar-refractivity contribution in [3.63, 3.8) is 0 Å². The molecule has 2 saturated heterocycles. The topological polar surface area (TPSA) is 85.8 Å². The van der Waals surface area contributed by atoms with Gasteiger partial charge in [0.1, 0.15) is 5.82 Å². The number of nitrogens with zero attached hydrogens (tertiary/aromatic N) is 4. The van der Waals surface area contributed by atoms with E-state index < -0.39 is 0 Å². The van der Waals surface area contributed by atoms with Crippen molar-refractivity contribution in [1.82, 2.24) is 20.1 Å². The first-order valence-corrected chi connectivity index (χ1v) is 11.8. The van der Waals surface area contributed by atoms with E-state index in [0.29, 0.717) is 18.7 Å². The largest absolute Gasteiger partial charge is 0.353 e. The Balaban J connectivity index is 1.19. The van der Waals surface area contributed by atoms with Gasteiger partial charge in [0.2, 0.25) is 5.91 Å². The number of hydrogen-bond donors (Lipinski definition) is 1. The Morgan fingerprint density at radius 3 is 2.45 bits per heavy atom. The van der Waals surface area contributed by atoms with Crippen LogP contribution in [0.15, 0.2) is 48.7 Å². The Bertz CT molecular complexity index is 1020. The third-order valence-electron chi connectivity index (χ3n) is 6.98. The number of urea groups is 1. The van der Waals surface area contributed by atoms with Crippen LogP contribution >= 0.6 is 0 Å². The Labute approximate surface area is 193 Å². The van der Waals surface area contributed by atoms with Crippen LogP contribution in [-0.2, 0) is 11.3 Å². The summed E-state index contributed by atoms with van der Waals surface area (Å²) in [4.78, 5) is 48.1. The average Bonchev–Trinajstić information content (AvgIpc) is 2.87. The fourth-order valence-electron chi connectivity index (χ4n) is 5.08. The summed E-state index contributed by atoms with van der Waals surface area (Å²) in [5, 5.41) is 3.00. The minimum Gasteiger partial charge on any atom is -0.353 e. The van der Waals surface area contributed by atoms with Gasteiger partial charge in [0, 0.05) is 44.0 Å². The molecule has 0 spiro atoms. The first-order valence-electron chi connectivity index (χ1n) is 11.8. The number of amides is 4. The molecule has 2 unspecified atom stereocenters. The number of nitrogens with one attached hydrogen (secondary N) is 1. The molecule has 8 nitrogen and oxygen atoms in total. The molecule has 2 aromatic rings. The Morgan fingerprint density at radius 2 is 1.73 bits per heavy atom. The van der Waals surface area contributed by atoms with E-state index in [9.17, 15) is 14.4 Å². The van der Waals surface area contributed by atoms with Crippen molar-refractivity contribution in [1.29, 1.82) is 0 Å². The smallest absolute Gasteiger partial charge is 0.324 e. The lowest BCUT2D eigenvalue weighted by Crippen LogP contribution is -2.60. The fourth-order valence-corrected chi connectivity index (χ4v) is 5.08. The van der Waals surface area contributed by atoms with Crippen LogP contribution < -0.4 is 10.2 Å². The van der Waals surface area contributed by atoms with Gasteiger partial charge in [-0.05, 0) is 42.7 Å². The maximum atomic E-state index is 13.0. The maximum Gasteiger partial charge on any atom is 0.324 e. The minimum atomic E-state index is -0.311. The van der Waals surface area contributed by atoms with Crippen molar-refractivity contribution in [3.05, 3.63) is 59.8 Å². The van der Waals surface area contributed by atoms with E-state index in [0.717, 1.165) is 50.2 Å². The number of rotatable bonds is 4. The monoisotopic (exact) mass is 447 g/mol. The molecule has 3 fully saturated rings. The molecule has 5 rings (SSSR count). The second-order valence-corrected chi connectivity index (χ2v) is 9.04. The van der Waals surface area contributed by atoms with Crippen LogP contribution in [0.4, 0.5) is 10.6 Å². The molecule has 1 N–H and O–H groups in total. The summed E-state index contributed by atoms with van der Waals surface area (Å²) in [6.45, 7) is 3.00. The van der Waals surface area contributed by atoms with E-state index >= 15 is 0 Å². The molecule has 33 heavy (non-hydrogen) atoms. The van der Waals surface area contributed by atoms with Crippen molar-refractivity contribution >= 4 is 23.7 Å². The second kappa shape index (κ2) is 9.21. The molecular weight excluding hydrogens is 418 g/mol. The van der Waals surface area contributed by atoms with Gasteiger partial charge in [-0.2, -0.15) is 0 Å². The molecule has 8 heteroatoms. The number of carbonyl (C=O) groups excluding carboxylic acids is 3. The van der Waals surface area contributed by atoms with E-state index in [4.69, 9.17) is 0 Å². The molecule has 3 aliphatic rings. The van der Waals surface area contributed by atoms with E-state index in [1.165, 1.54) is 4.90 Å². The zero-order valence-corrected chi connectivity index (χ0v) is 18.7. The molecule has 4 amide bonds. The second-order valence-electron chi connectivity index (χ2n) is 9.04. The molecule has 1 saturated carbocycles. The molecule has 0 radical (unpaired) electrons. The lowest BCUT2D eigenvalue weighted by Gasteiger charge is -2.40. The van der Waals surface area contributed by atoms with Gasteiger partial charge < -0.3 is 15.1 Å². The Hall–Kier alpha value is -3.42. The van der Waals surface area contributed by atoms with Crippen LogP contribution in [0.1, 0.15) is 41.6 Å². The van der Waals surface area contributed by atoms with E-state index in [1.54, 1.807) is 18.3 Å². The van der Waals surface area contributed by atoms with Gasteiger partial charge in [0.05, 0.1) is 12.5 Å². The van der Waals surface area contributed by atoms with Gasteiger partial charge in [0.25, 0.3) is 5.91 Å². The third-order valence-corrected chi connectivity index (χ3v) is 6.98. The number of piperazine rings is 1. The van der Waals surface area contributed by atoms with Gasteiger partial charge >= 0.3 is 6.03 Å². The normalized spacial score (nSPS) is 23.2. The Kier molecular flexibility index (Phi) is 5.98. The third kappa shape index (κ3) is 4.42. The van der Waals surface area contributed by atoms with Gasteiger partial charge in [-0.1, -0.05) is 31.0 Å². The highest BCUT2D eigenvalue weighted by atomic mass is 16.2. The summed E-state index contributed by atoms with van der Waals surface area (Å²) in [5.41, 5.74) is 1.45. The summed E-state index contributed by atoms with van der Waals surface area (Å²) < 4.78 is 0. The van der Waals surface area contributed by atoms with Gasteiger partial charge in [0.15, 0.2) is 0 Å². The predicted octanol–water partition coefficient (Wildman–Crippen LogP) is 2.65. The highest BCUT2D eigenvalue weighted by molar-refractivity contribution is 5.98. The van der Waals surface area contributed by atoms with Crippen LogP contribution in [0.2, 0.25) is 0 Å². The summed E-state index contributed by atoms with van der Waals surface area (Å²) >= 11 is 0. The molecule has 0 bridgehead atoms. The molecule has 1 aliphatic carbocycles. The number of imide groups is 1. The Morgan fingerprint density at radius 1 is 0.970 bits per heavy atom. The summed E-state index contributed by atoms with van der Waals surface area (Å²) in [7, 11) is 0. The molecule has 2 atom stereocenters. The van der Waals surface area contributed by atoms with Crippen molar-refractivity contribution in [3.8, 4) is 0 Å². The maximum absolute atomic E-state index is 13.0. The van der Waals surface area contributed by atoms with Crippen molar-refractivity contribution in [2.45, 2.75) is 38.3 Å².